The third-order valence-electron chi connectivity index (χ3n) is 3.85. The molecule has 1 aliphatic rings. The third kappa shape index (κ3) is 2.96. The molecule has 0 saturated heterocycles. The smallest absolute Gasteiger partial charge is 0.210 e. The summed E-state index contributed by atoms with van der Waals surface area (Å²) in [5.41, 5.74) is 4.97. The van der Waals surface area contributed by atoms with Crippen LogP contribution in [-0.2, 0) is 13.0 Å². The number of ketones is 1. The van der Waals surface area contributed by atoms with Crippen LogP contribution < -0.4 is 0 Å². The first-order valence-corrected chi connectivity index (χ1v) is 7.56. The van der Waals surface area contributed by atoms with Crippen molar-refractivity contribution in [3.8, 4) is 0 Å². The molecule has 114 valence electrons. The molecule has 4 nitrogen and oxygen atoms in total. The van der Waals surface area contributed by atoms with Crippen LogP contribution in [0.4, 0.5) is 0 Å². The number of aryl methyl sites for hydroxylation is 2. The lowest BCUT2D eigenvalue weighted by Crippen LogP contribution is -2.16. The topological polar surface area (TPSA) is 38.1 Å². The number of hydrogen-bond donors (Lipinski definition) is 0. The molecule has 0 spiro atoms. The number of allylic oxidation sites excluding steroid dienone is 1. The van der Waals surface area contributed by atoms with Gasteiger partial charge in [0.15, 0.2) is 0 Å². The van der Waals surface area contributed by atoms with Crippen molar-refractivity contribution in [3.05, 3.63) is 64.6 Å². The Morgan fingerprint density at radius 3 is 2.86 bits per heavy atom. The fourth-order valence-corrected chi connectivity index (χ4v) is 2.89. The summed E-state index contributed by atoms with van der Waals surface area (Å²) in [6.07, 6.45) is 5.60. The lowest BCUT2D eigenvalue weighted by Gasteiger charge is -2.14. The molecule has 0 saturated carbocycles. The van der Waals surface area contributed by atoms with Crippen LogP contribution in [0.2, 0.25) is 0 Å². The molecule has 0 unspecified atom stereocenters. The lowest BCUT2D eigenvalue weighted by molar-refractivity contribution is 0.101. The van der Waals surface area contributed by atoms with E-state index in [0.29, 0.717) is 12.2 Å². The van der Waals surface area contributed by atoms with Crippen LogP contribution in [0.15, 0.2) is 42.2 Å². The van der Waals surface area contributed by atoms with Crippen LogP contribution >= 0.6 is 0 Å². The minimum absolute atomic E-state index is 0.0675. The highest BCUT2D eigenvalue weighted by molar-refractivity contribution is 6.09. The van der Waals surface area contributed by atoms with Gasteiger partial charge in [0, 0.05) is 37.6 Å². The quantitative estimate of drug-likeness (QED) is 0.817. The summed E-state index contributed by atoms with van der Waals surface area (Å²) in [7, 11) is 3.87. The molecule has 0 atom stereocenters. The number of Topliss-reactive ketones (excluding diaryl/α,β-unsaturated/α-hetero) is 1. The molecule has 0 aliphatic heterocycles. The van der Waals surface area contributed by atoms with Gasteiger partial charge >= 0.3 is 0 Å². The molecule has 0 radical (unpaired) electrons. The van der Waals surface area contributed by atoms with E-state index in [2.05, 4.69) is 36.3 Å². The second-order valence-electron chi connectivity index (χ2n) is 6.14. The molecule has 0 fully saturated rings. The largest absolute Gasteiger partial charge is 0.383 e. The van der Waals surface area contributed by atoms with Crippen LogP contribution in [0.25, 0.3) is 0 Å². The van der Waals surface area contributed by atoms with Crippen molar-refractivity contribution < 1.29 is 4.79 Å². The van der Waals surface area contributed by atoms with E-state index in [1.165, 1.54) is 11.1 Å². The standard InChI is InChI=1S/C18H21N3O/c1-13-5-4-6-14(9-13)10-21-12-15-7-8-16(11-20(2)3)18(22)17(15)19-21/h4-6,9,11-12H,7-8,10H2,1-3H3/b16-11-. The van der Waals surface area contributed by atoms with Gasteiger partial charge in [-0.3, -0.25) is 9.48 Å². The van der Waals surface area contributed by atoms with Gasteiger partial charge in [0.05, 0.1) is 6.54 Å². The fourth-order valence-electron chi connectivity index (χ4n) is 2.89. The molecule has 0 bridgehead atoms. The second-order valence-corrected chi connectivity index (χ2v) is 6.14. The van der Waals surface area contributed by atoms with Crippen molar-refractivity contribution in [2.24, 2.45) is 0 Å². The maximum absolute atomic E-state index is 12.5. The third-order valence-corrected chi connectivity index (χ3v) is 3.85. The van der Waals surface area contributed by atoms with E-state index >= 15 is 0 Å². The zero-order chi connectivity index (χ0) is 15.7. The zero-order valence-electron chi connectivity index (χ0n) is 13.3. The van der Waals surface area contributed by atoms with Gasteiger partial charge in [-0.05, 0) is 25.3 Å². The fraction of sp³-hybridized carbons (Fsp3) is 0.333. The van der Waals surface area contributed by atoms with Gasteiger partial charge in [0.25, 0.3) is 0 Å². The Labute approximate surface area is 131 Å². The lowest BCUT2D eigenvalue weighted by atomic mass is 9.93. The van der Waals surface area contributed by atoms with E-state index in [4.69, 9.17) is 0 Å². The van der Waals surface area contributed by atoms with Crippen LogP contribution in [0.5, 0.6) is 0 Å². The highest BCUT2D eigenvalue weighted by Gasteiger charge is 2.25. The highest BCUT2D eigenvalue weighted by Crippen LogP contribution is 2.24. The van der Waals surface area contributed by atoms with E-state index in [1.807, 2.05) is 36.1 Å². The molecule has 2 aromatic rings. The number of nitrogens with zero attached hydrogens (tertiary/aromatic N) is 3. The van der Waals surface area contributed by atoms with E-state index in [0.717, 1.165) is 24.0 Å². The Morgan fingerprint density at radius 1 is 1.32 bits per heavy atom. The number of benzene rings is 1. The number of fused-ring (bicyclic) bond motifs is 1. The maximum atomic E-state index is 12.5. The Hall–Kier alpha value is -2.36. The SMILES string of the molecule is Cc1cccc(Cn2cc3c(n2)C(=O)/C(=C\N(C)C)CC3)c1. The average molecular weight is 295 g/mol. The highest BCUT2D eigenvalue weighted by atomic mass is 16.1. The van der Waals surface area contributed by atoms with Crippen molar-refractivity contribution in [2.45, 2.75) is 26.3 Å². The van der Waals surface area contributed by atoms with Gasteiger partial charge < -0.3 is 4.90 Å². The maximum Gasteiger partial charge on any atom is 0.210 e. The van der Waals surface area contributed by atoms with E-state index < -0.39 is 0 Å². The average Bonchev–Trinajstić information content (AvgIpc) is 2.85. The minimum Gasteiger partial charge on any atom is -0.383 e. The molecule has 4 heteroatoms. The molecular weight excluding hydrogens is 274 g/mol. The number of aromatic nitrogens is 2. The summed E-state index contributed by atoms with van der Waals surface area (Å²) in [6.45, 7) is 2.79. The number of carbonyl (C=O) groups is 1. The Morgan fingerprint density at radius 2 is 2.14 bits per heavy atom. The number of carbonyl (C=O) groups excluding carboxylic acids is 1. The Kier molecular flexibility index (Phi) is 3.84. The van der Waals surface area contributed by atoms with Crippen LogP contribution in [0.3, 0.4) is 0 Å². The van der Waals surface area contributed by atoms with Crippen molar-refractivity contribution in [1.82, 2.24) is 14.7 Å². The first-order chi connectivity index (χ1) is 10.5. The Bertz CT molecular complexity index is 741. The van der Waals surface area contributed by atoms with Crippen molar-refractivity contribution in [1.29, 1.82) is 0 Å². The zero-order valence-corrected chi connectivity index (χ0v) is 13.3. The Balaban J connectivity index is 1.86. The van der Waals surface area contributed by atoms with Crippen LogP contribution in [-0.4, -0.2) is 34.6 Å². The van der Waals surface area contributed by atoms with Gasteiger partial charge in [-0.25, -0.2) is 0 Å². The molecular formula is C18H21N3O. The van der Waals surface area contributed by atoms with Gasteiger partial charge in [0.1, 0.15) is 5.69 Å². The summed E-state index contributed by atoms with van der Waals surface area (Å²) in [5, 5.41) is 4.52. The normalized spacial score (nSPS) is 16.0. The molecule has 0 N–H and O–H groups in total. The molecule has 1 heterocycles. The van der Waals surface area contributed by atoms with E-state index in [9.17, 15) is 4.79 Å². The van der Waals surface area contributed by atoms with Crippen LogP contribution in [0.1, 0.15) is 33.6 Å². The summed E-state index contributed by atoms with van der Waals surface area (Å²) < 4.78 is 1.88. The van der Waals surface area contributed by atoms with E-state index in [1.54, 1.807) is 0 Å². The second kappa shape index (κ2) is 5.79. The summed E-state index contributed by atoms with van der Waals surface area (Å²) in [5.74, 6) is 0.0675. The predicted molar refractivity (Wildman–Crippen MR) is 86.9 cm³/mol. The predicted octanol–water partition coefficient (Wildman–Crippen LogP) is 2.81. The number of hydrogen-bond acceptors (Lipinski definition) is 3. The first-order valence-electron chi connectivity index (χ1n) is 7.56. The van der Waals surface area contributed by atoms with Gasteiger partial charge in [-0.15, -0.1) is 0 Å². The monoisotopic (exact) mass is 295 g/mol. The molecule has 22 heavy (non-hydrogen) atoms. The van der Waals surface area contributed by atoms with Gasteiger partial charge in [-0.1, -0.05) is 29.8 Å². The van der Waals surface area contributed by atoms with Crippen molar-refractivity contribution >= 4 is 5.78 Å². The molecule has 0 amide bonds. The minimum atomic E-state index is 0.0675. The molecule has 1 aromatic heterocycles. The molecule has 1 aliphatic carbocycles. The number of rotatable bonds is 3. The van der Waals surface area contributed by atoms with E-state index in [-0.39, 0.29) is 5.78 Å². The molecule has 3 rings (SSSR count). The van der Waals surface area contributed by atoms with Crippen molar-refractivity contribution in [3.63, 3.8) is 0 Å². The van der Waals surface area contributed by atoms with Gasteiger partial charge in [0.2, 0.25) is 5.78 Å². The van der Waals surface area contributed by atoms with Crippen LogP contribution in [0, 0.1) is 6.92 Å². The summed E-state index contributed by atoms with van der Waals surface area (Å²) in [4.78, 5) is 14.4. The summed E-state index contributed by atoms with van der Waals surface area (Å²) in [6, 6.07) is 8.38. The molecule has 1 aromatic carbocycles. The first kappa shape index (κ1) is 14.6. The summed E-state index contributed by atoms with van der Waals surface area (Å²) >= 11 is 0. The van der Waals surface area contributed by atoms with Gasteiger partial charge in [-0.2, -0.15) is 5.10 Å². The van der Waals surface area contributed by atoms with Crippen molar-refractivity contribution in [2.75, 3.05) is 14.1 Å².